The van der Waals surface area contributed by atoms with E-state index in [1.165, 1.54) is 17.0 Å². The van der Waals surface area contributed by atoms with Crippen LogP contribution >= 0.6 is 11.3 Å². The molecule has 0 aliphatic carbocycles. The molecule has 0 aliphatic rings. The van der Waals surface area contributed by atoms with E-state index in [2.05, 4.69) is 5.32 Å². The Morgan fingerprint density at radius 3 is 2.55 bits per heavy atom. The van der Waals surface area contributed by atoms with Crippen LogP contribution in [-0.2, 0) is 12.6 Å². The lowest BCUT2D eigenvalue weighted by atomic mass is 10.0. The Morgan fingerprint density at radius 1 is 1.15 bits per heavy atom. The zero-order valence-electron chi connectivity index (χ0n) is 11.1. The summed E-state index contributed by atoms with van der Waals surface area (Å²) in [5, 5.41) is 5.15. The highest BCUT2D eigenvalue weighted by atomic mass is 32.1. The number of halogens is 3. The van der Waals surface area contributed by atoms with Gasteiger partial charge in [0, 0.05) is 17.5 Å². The number of hydrogen-bond donors (Lipinski definition) is 1. The molecule has 1 aromatic heterocycles. The van der Waals surface area contributed by atoms with E-state index < -0.39 is 11.7 Å². The molecule has 0 fully saturated rings. The molecule has 0 bridgehead atoms. The van der Waals surface area contributed by atoms with Crippen LogP contribution < -0.4 is 5.32 Å². The van der Waals surface area contributed by atoms with Crippen LogP contribution in [0, 0.1) is 0 Å². The third-order valence-corrected chi connectivity index (χ3v) is 4.07. The molecular formula is C15H16F3NS. The van der Waals surface area contributed by atoms with Gasteiger partial charge in [0.25, 0.3) is 0 Å². The molecule has 1 unspecified atom stereocenters. The summed E-state index contributed by atoms with van der Waals surface area (Å²) in [6.45, 7) is 2.42. The molecule has 0 radical (unpaired) electrons. The van der Waals surface area contributed by atoms with Gasteiger partial charge in [-0.05, 0) is 36.4 Å². The van der Waals surface area contributed by atoms with Gasteiger partial charge in [-0.2, -0.15) is 13.2 Å². The zero-order valence-corrected chi connectivity index (χ0v) is 11.9. The van der Waals surface area contributed by atoms with Gasteiger partial charge in [-0.1, -0.05) is 24.3 Å². The van der Waals surface area contributed by atoms with E-state index in [0.29, 0.717) is 12.1 Å². The summed E-state index contributed by atoms with van der Waals surface area (Å²) in [7, 11) is 0. The molecule has 1 heterocycles. The second-order valence-electron chi connectivity index (χ2n) is 4.59. The van der Waals surface area contributed by atoms with Gasteiger partial charge in [0.15, 0.2) is 0 Å². The Morgan fingerprint density at radius 2 is 1.90 bits per heavy atom. The van der Waals surface area contributed by atoms with Gasteiger partial charge < -0.3 is 5.32 Å². The van der Waals surface area contributed by atoms with Crippen LogP contribution in [0.2, 0.25) is 0 Å². The molecule has 0 saturated heterocycles. The largest absolute Gasteiger partial charge is 0.416 e. The lowest BCUT2D eigenvalue weighted by molar-refractivity contribution is -0.138. The van der Waals surface area contributed by atoms with E-state index in [1.807, 2.05) is 17.5 Å². The number of nitrogens with one attached hydrogen (secondary N) is 1. The summed E-state index contributed by atoms with van der Waals surface area (Å²) in [6, 6.07) is 9.40. The molecule has 0 saturated carbocycles. The molecule has 0 spiro atoms. The molecule has 2 rings (SSSR count). The van der Waals surface area contributed by atoms with E-state index in [9.17, 15) is 13.2 Å². The molecule has 1 aromatic carbocycles. The highest BCUT2D eigenvalue weighted by Gasteiger charge is 2.33. The van der Waals surface area contributed by atoms with Gasteiger partial charge in [-0.3, -0.25) is 0 Å². The molecule has 5 heteroatoms. The topological polar surface area (TPSA) is 12.0 Å². The maximum absolute atomic E-state index is 12.9. The number of alkyl halides is 3. The summed E-state index contributed by atoms with van der Waals surface area (Å²) in [4.78, 5) is 1.23. The van der Waals surface area contributed by atoms with Gasteiger partial charge in [-0.25, -0.2) is 0 Å². The van der Waals surface area contributed by atoms with Crippen molar-refractivity contribution in [1.82, 2.24) is 5.32 Å². The van der Waals surface area contributed by atoms with Crippen molar-refractivity contribution in [2.24, 2.45) is 0 Å². The van der Waals surface area contributed by atoms with Gasteiger partial charge in [-0.15, -0.1) is 11.3 Å². The second kappa shape index (κ2) is 6.41. The summed E-state index contributed by atoms with van der Waals surface area (Å²) < 4.78 is 38.8. The minimum atomic E-state index is -4.31. The molecule has 0 aliphatic heterocycles. The first-order valence-electron chi connectivity index (χ1n) is 6.40. The molecule has 1 atom stereocenters. The van der Waals surface area contributed by atoms with Crippen LogP contribution in [-0.4, -0.2) is 6.54 Å². The second-order valence-corrected chi connectivity index (χ2v) is 5.62. The fraction of sp³-hybridized carbons (Fsp3) is 0.333. The van der Waals surface area contributed by atoms with Crippen molar-refractivity contribution in [2.75, 3.05) is 6.54 Å². The van der Waals surface area contributed by atoms with Crippen molar-refractivity contribution < 1.29 is 13.2 Å². The third-order valence-electron chi connectivity index (χ3n) is 3.13. The summed E-state index contributed by atoms with van der Waals surface area (Å²) in [6.07, 6.45) is -3.48. The number of hydrogen-bond acceptors (Lipinski definition) is 2. The Bertz CT molecular complexity index is 534. The molecular weight excluding hydrogens is 283 g/mol. The fourth-order valence-corrected chi connectivity index (χ4v) is 2.82. The van der Waals surface area contributed by atoms with Crippen molar-refractivity contribution in [3.63, 3.8) is 0 Å². The third kappa shape index (κ3) is 3.84. The predicted molar refractivity (Wildman–Crippen MR) is 75.9 cm³/mol. The van der Waals surface area contributed by atoms with Crippen LogP contribution in [0.3, 0.4) is 0 Å². The maximum Gasteiger partial charge on any atom is 0.416 e. The molecule has 2 aromatic rings. The van der Waals surface area contributed by atoms with Crippen LogP contribution in [0.25, 0.3) is 0 Å². The first-order chi connectivity index (χ1) is 9.48. The van der Waals surface area contributed by atoms with Crippen molar-refractivity contribution in [2.45, 2.75) is 25.6 Å². The molecule has 0 amide bonds. The lowest BCUT2D eigenvalue weighted by Crippen LogP contribution is -2.23. The first-order valence-corrected chi connectivity index (χ1v) is 7.28. The van der Waals surface area contributed by atoms with Gasteiger partial charge in [0.1, 0.15) is 0 Å². The predicted octanol–water partition coefficient (Wildman–Crippen LogP) is 4.66. The normalized spacial score (nSPS) is 13.4. The smallest absolute Gasteiger partial charge is 0.310 e. The SMILES string of the molecule is CC(NCCc1cccs1)c1ccccc1C(F)(F)F. The molecule has 108 valence electrons. The minimum absolute atomic E-state index is 0.297. The highest BCUT2D eigenvalue weighted by Crippen LogP contribution is 2.34. The maximum atomic E-state index is 12.9. The Kier molecular flexibility index (Phi) is 4.83. The van der Waals surface area contributed by atoms with Crippen LogP contribution in [0.15, 0.2) is 41.8 Å². The number of benzene rings is 1. The average molecular weight is 299 g/mol. The lowest BCUT2D eigenvalue weighted by Gasteiger charge is -2.19. The minimum Gasteiger partial charge on any atom is -0.310 e. The Balaban J connectivity index is 2.00. The van der Waals surface area contributed by atoms with Crippen molar-refractivity contribution >= 4 is 11.3 Å². The Labute approximate surface area is 120 Å². The van der Waals surface area contributed by atoms with E-state index in [-0.39, 0.29) is 6.04 Å². The first kappa shape index (κ1) is 15.1. The van der Waals surface area contributed by atoms with Crippen LogP contribution in [0.4, 0.5) is 13.2 Å². The zero-order chi connectivity index (χ0) is 14.6. The highest BCUT2D eigenvalue weighted by molar-refractivity contribution is 7.09. The summed E-state index contributed by atoms with van der Waals surface area (Å²) in [5.41, 5.74) is -0.262. The molecule has 1 N–H and O–H groups in total. The average Bonchev–Trinajstić information content (AvgIpc) is 2.91. The quantitative estimate of drug-likeness (QED) is 0.846. The van der Waals surface area contributed by atoms with Gasteiger partial charge in [0.05, 0.1) is 5.56 Å². The van der Waals surface area contributed by atoms with Gasteiger partial charge >= 0.3 is 6.18 Å². The molecule has 1 nitrogen and oxygen atoms in total. The van der Waals surface area contributed by atoms with Crippen LogP contribution in [0.1, 0.15) is 29.0 Å². The van der Waals surface area contributed by atoms with E-state index in [4.69, 9.17) is 0 Å². The van der Waals surface area contributed by atoms with Gasteiger partial charge in [0.2, 0.25) is 0 Å². The van der Waals surface area contributed by atoms with E-state index in [0.717, 1.165) is 12.5 Å². The van der Waals surface area contributed by atoms with Crippen molar-refractivity contribution in [3.8, 4) is 0 Å². The monoisotopic (exact) mass is 299 g/mol. The number of thiophene rings is 1. The Hall–Kier alpha value is -1.33. The summed E-state index contributed by atoms with van der Waals surface area (Å²) >= 11 is 1.66. The van der Waals surface area contributed by atoms with Crippen molar-refractivity contribution in [3.05, 3.63) is 57.8 Å². The molecule has 20 heavy (non-hydrogen) atoms. The van der Waals surface area contributed by atoms with E-state index >= 15 is 0 Å². The standard InChI is InChI=1S/C15H16F3NS/c1-11(19-9-8-12-5-4-10-20-12)13-6-2-3-7-14(13)15(16,17)18/h2-7,10-11,19H,8-9H2,1H3. The fourth-order valence-electron chi connectivity index (χ4n) is 2.11. The van der Waals surface area contributed by atoms with E-state index in [1.54, 1.807) is 24.3 Å². The van der Waals surface area contributed by atoms with Crippen LogP contribution in [0.5, 0.6) is 0 Å². The van der Waals surface area contributed by atoms with Crippen molar-refractivity contribution in [1.29, 1.82) is 0 Å². The number of rotatable bonds is 5. The summed E-state index contributed by atoms with van der Waals surface area (Å²) in [5.74, 6) is 0.